The van der Waals surface area contributed by atoms with Crippen LogP contribution in [0.4, 0.5) is 29.1 Å². The lowest BCUT2D eigenvalue weighted by molar-refractivity contribution is 0.126. The molecule has 10 aliphatic carbocycles. The number of aromatic nitrogens is 10. The smallest absolute Gasteiger partial charge is 0.138 e. The van der Waals surface area contributed by atoms with E-state index in [1.165, 1.54) is 188 Å². The van der Waals surface area contributed by atoms with Crippen molar-refractivity contribution in [1.29, 1.82) is 0 Å². The highest BCUT2D eigenvalue weighted by Gasteiger charge is 2.35. The summed E-state index contributed by atoms with van der Waals surface area (Å²) in [5.41, 5.74) is 26.4. The van der Waals surface area contributed by atoms with E-state index >= 15 is 0 Å². The molecule has 0 amide bonds. The van der Waals surface area contributed by atoms with Crippen LogP contribution < -0.4 is 49.1 Å². The van der Waals surface area contributed by atoms with Crippen molar-refractivity contribution < 1.29 is 5.11 Å². The number of fused-ring (bicyclic) bond motifs is 15. The number of hydrogen-bond acceptors (Lipinski definition) is 25. The van der Waals surface area contributed by atoms with Crippen LogP contribution in [0.25, 0.3) is 51.1 Å². The lowest BCUT2D eigenvalue weighted by Crippen LogP contribution is -2.35. The van der Waals surface area contributed by atoms with Gasteiger partial charge in [0, 0.05) is 78.8 Å². The average molecular weight is 1640 g/mol. The predicted octanol–water partition coefficient (Wildman–Crippen LogP) is 19.0. The molecule has 614 valence electrons. The molecule has 5 saturated carbocycles. The summed E-state index contributed by atoms with van der Waals surface area (Å²) in [7, 11) is 2.08. The number of rotatable bonds is 12. The third-order valence-corrected chi connectivity index (χ3v) is 33.2. The van der Waals surface area contributed by atoms with Crippen molar-refractivity contribution in [2.45, 2.75) is 340 Å². The van der Waals surface area contributed by atoms with Gasteiger partial charge in [-0.05, 0) is 288 Å². The first-order valence-electron chi connectivity index (χ1n) is 43.9. The third kappa shape index (κ3) is 19.2. The molecule has 20 rings (SSSR count). The Balaban J connectivity index is 0.000000107. The van der Waals surface area contributed by atoms with Crippen LogP contribution in [0, 0.1) is 28.6 Å². The third-order valence-electron chi connectivity index (χ3n) is 27.3. The van der Waals surface area contributed by atoms with Crippen molar-refractivity contribution in [3.05, 3.63) is 83.8 Å². The van der Waals surface area contributed by atoms with E-state index in [4.69, 9.17) is 17.2 Å². The van der Waals surface area contributed by atoms with Crippen LogP contribution >= 0.6 is 56.7 Å². The molecule has 20 nitrogen and oxygen atoms in total. The molecule has 0 spiro atoms. The minimum atomic E-state index is -0.113. The molecule has 10 aromatic heterocycles. The zero-order chi connectivity index (χ0) is 78.8. The molecule has 25 heteroatoms. The maximum Gasteiger partial charge on any atom is 0.138 e. The van der Waals surface area contributed by atoms with Crippen LogP contribution in [0.15, 0.2) is 31.6 Å². The summed E-state index contributed by atoms with van der Waals surface area (Å²) in [5.74, 6) is 7.61. The normalized spacial score (nSPS) is 27.6. The molecule has 0 saturated heterocycles. The fraction of sp³-hybridized carbons (Fsp3) is 0.663. The van der Waals surface area contributed by atoms with E-state index in [1.54, 1.807) is 36.5 Å². The van der Waals surface area contributed by atoms with Gasteiger partial charge in [0.2, 0.25) is 0 Å². The van der Waals surface area contributed by atoms with Gasteiger partial charge in [-0.2, -0.15) is 0 Å². The van der Waals surface area contributed by atoms with Crippen molar-refractivity contribution in [2.24, 2.45) is 45.8 Å². The number of anilines is 5. The Bertz CT molecular complexity index is 4770. The molecule has 10 aliphatic rings. The summed E-state index contributed by atoms with van der Waals surface area (Å²) in [6.07, 6.45) is 50.3. The van der Waals surface area contributed by atoms with Gasteiger partial charge in [-0.1, -0.05) is 54.9 Å². The monoisotopic (exact) mass is 1640 g/mol. The van der Waals surface area contributed by atoms with Crippen LogP contribution in [0.2, 0.25) is 0 Å². The summed E-state index contributed by atoms with van der Waals surface area (Å²) in [4.78, 5) is 59.1. The first-order chi connectivity index (χ1) is 55.2. The Kier molecular flexibility index (Phi) is 26.0. The fourth-order valence-corrected chi connectivity index (χ4v) is 26.0. The lowest BCUT2D eigenvalue weighted by Gasteiger charge is -2.31. The topological polar surface area (TPSA) is 299 Å². The molecule has 5 fully saturated rings. The van der Waals surface area contributed by atoms with Gasteiger partial charge in [0.05, 0.1) is 33.0 Å². The SMILES string of the molecule is CC1(C)CCc2sc3ncnc(NC4CCC(N)CC4)c3c2C1.CC1CCc2sc3ncnc(NC4CCC(N)CC4)c3c2C1.CC1CCc2sc3ncnc(NC4CCC(O)CC4)c3c2C1.CCC1CCc2c(sc3ncnc(NC4CCC(N)CC4)c23)C1.CNC1CCC(Nc2ncnc3sc4c(c23)CC(C)(C)CC4)CC1. The van der Waals surface area contributed by atoms with E-state index in [2.05, 4.69) is 137 Å². The fourth-order valence-electron chi connectivity index (χ4n) is 20.0. The zero-order valence-electron chi connectivity index (χ0n) is 69.0. The van der Waals surface area contributed by atoms with Crippen LogP contribution in [0.3, 0.4) is 0 Å². The van der Waals surface area contributed by atoms with Crippen molar-refractivity contribution in [3.63, 3.8) is 0 Å². The van der Waals surface area contributed by atoms with Crippen LogP contribution in [0.5, 0.6) is 0 Å². The molecule has 13 N–H and O–H groups in total. The van der Waals surface area contributed by atoms with Gasteiger partial charge in [-0.3, -0.25) is 0 Å². The molecule has 0 aliphatic heterocycles. The molecule has 10 aromatic rings. The van der Waals surface area contributed by atoms with E-state index in [0.29, 0.717) is 65.2 Å². The number of aliphatic hydroxyl groups is 1. The molecule has 0 radical (unpaired) electrons. The maximum atomic E-state index is 9.67. The van der Waals surface area contributed by atoms with Gasteiger partial charge in [0.1, 0.15) is 84.9 Å². The molecular weight excluding hydrogens is 1510 g/mol. The zero-order valence-corrected chi connectivity index (χ0v) is 73.1. The Morgan fingerprint density at radius 3 is 0.991 bits per heavy atom. The van der Waals surface area contributed by atoms with Crippen molar-refractivity contribution in [3.8, 4) is 0 Å². The van der Waals surface area contributed by atoms with E-state index in [-0.39, 0.29) is 6.10 Å². The summed E-state index contributed by atoms with van der Waals surface area (Å²) < 4.78 is 0. The number of nitrogens with one attached hydrogen (secondary N) is 6. The van der Waals surface area contributed by atoms with Crippen molar-refractivity contribution in [2.75, 3.05) is 33.6 Å². The van der Waals surface area contributed by atoms with Gasteiger partial charge in [-0.25, -0.2) is 49.8 Å². The average Bonchev–Trinajstić information content (AvgIpc) is 1.60. The Morgan fingerprint density at radius 2 is 0.649 bits per heavy atom. The highest BCUT2D eigenvalue weighted by molar-refractivity contribution is 7.20. The summed E-state index contributed by atoms with van der Waals surface area (Å²) in [5, 5.41) is 38.0. The van der Waals surface area contributed by atoms with Crippen LogP contribution in [-0.4, -0.2) is 122 Å². The lowest BCUT2D eigenvalue weighted by atomic mass is 9.76. The second-order valence-electron chi connectivity index (χ2n) is 37.3. The van der Waals surface area contributed by atoms with E-state index in [9.17, 15) is 5.11 Å². The van der Waals surface area contributed by atoms with Crippen LogP contribution in [0.1, 0.15) is 268 Å². The summed E-state index contributed by atoms with van der Waals surface area (Å²) >= 11 is 9.34. The number of nitrogens with two attached hydrogens (primary N) is 3. The second kappa shape index (κ2) is 36.3. The van der Waals surface area contributed by atoms with Crippen molar-refractivity contribution in [1.82, 2.24) is 55.2 Å². The molecule has 0 bridgehead atoms. The largest absolute Gasteiger partial charge is 0.393 e. The summed E-state index contributed by atoms with van der Waals surface area (Å²) in [6.45, 7) is 16.5. The Labute approximate surface area is 695 Å². The number of nitrogens with zero attached hydrogens (tertiary/aromatic N) is 10. The number of aryl methyl sites for hydroxylation is 5. The van der Waals surface area contributed by atoms with Crippen LogP contribution in [-0.2, 0) is 64.2 Å². The molecule has 3 atom stereocenters. The number of hydrogen-bond donors (Lipinski definition) is 10. The van der Waals surface area contributed by atoms with Gasteiger partial charge < -0.3 is 54.2 Å². The molecular formula is C89H127N19OS5. The maximum absolute atomic E-state index is 9.67. The minimum absolute atomic E-state index is 0.113. The van der Waals surface area contributed by atoms with Gasteiger partial charge in [0.15, 0.2) is 0 Å². The number of thiophene rings is 5. The molecule has 3 unspecified atom stereocenters. The first kappa shape index (κ1) is 81.7. The first-order valence-corrected chi connectivity index (χ1v) is 48.0. The van der Waals surface area contributed by atoms with E-state index in [0.717, 1.165) is 188 Å². The second-order valence-corrected chi connectivity index (χ2v) is 42.7. The summed E-state index contributed by atoms with van der Waals surface area (Å²) in [6, 6.07) is 4.33. The minimum Gasteiger partial charge on any atom is -0.393 e. The quantitative estimate of drug-likeness (QED) is 0.0544. The Morgan fingerprint density at radius 1 is 0.351 bits per heavy atom. The molecule has 10 heterocycles. The standard InChI is InChI=1S/C19H28N4S.2C18H26N4S.C17H24N4S.C17H23N3OS/c1-19(2)9-8-15-14(10-19)16-17(21-11-22-18(16)24-15)23-13-6-4-12(20-3)5-7-13;1-18(2)8-7-14-13(9-18)15-16(20-10-21-17(15)23-14)22-12-5-3-11(19)4-6-12;1-2-11-3-8-14-15(9-11)23-18-16(14)17(20-10-21-18)22-13-6-4-12(19)5-7-13;1-10-2-7-14-13(8-10)15-16(19-9-20-17(15)22-14)21-12-5-3-11(18)4-6-12;1-10-2-7-14-13(8-10)15-16(18-9-19-17(15)22-14)20-11-3-5-12(21)6-4-11/h11-13,20H,4-10H2,1-3H3,(H,21,22,23);10-12H,3-9,19H2,1-2H3,(H,20,21,22);10-13H,2-9,19H2,1H3,(H,20,21,22);9-12H,2-8,18H2,1H3,(H,19,20,21);9-12,21H,2-8H2,1H3,(H,18,19,20). The predicted molar refractivity (Wildman–Crippen MR) is 479 cm³/mol. The Hall–Kier alpha value is -6.00. The van der Waals surface area contributed by atoms with Gasteiger partial charge >= 0.3 is 0 Å². The van der Waals surface area contributed by atoms with E-state index in [1.807, 2.05) is 56.7 Å². The van der Waals surface area contributed by atoms with Crippen molar-refractivity contribution >= 4 is 137 Å². The van der Waals surface area contributed by atoms with Gasteiger partial charge in [-0.15, -0.1) is 56.7 Å². The van der Waals surface area contributed by atoms with Gasteiger partial charge in [0.25, 0.3) is 0 Å². The van der Waals surface area contributed by atoms with E-state index < -0.39 is 0 Å². The highest BCUT2D eigenvalue weighted by Crippen LogP contribution is 2.49. The number of aliphatic hydroxyl groups excluding tert-OH is 1. The molecule has 0 aromatic carbocycles. The highest BCUT2D eigenvalue weighted by atomic mass is 32.1. The molecule has 114 heavy (non-hydrogen) atoms.